The molecule has 0 saturated carbocycles. The Bertz CT molecular complexity index is 332. The maximum absolute atomic E-state index is 4.36. The van der Waals surface area contributed by atoms with Crippen molar-refractivity contribution in [1.29, 1.82) is 0 Å². The molecule has 0 aromatic carbocycles. The van der Waals surface area contributed by atoms with E-state index in [9.17, 15) is 0 Å². The number of hydrogen-bond acceptors (Lipinski definition) is 3. The molecule has 1 fully saturated rings. The Morgan fingerprint density at radius 2 is 2.35 bits per heavy atom. The highest BCUT2D eigenvalue weighted by atomic mass is 15.2. The molecule has 1 aliphatic heterocycles. The molecule has 0 aliphatic carbocycles. The van der Waals surface area contributed by atoms with Crippen LogP contribution in [0.4, 0.5) is 0 Å². The molecule has 2 heterocycles. The number of aromatic nitrogens is 1. The van der Waals surface area contributed by atoms with E-state index in [4.69, 9.17) is 0 Å². The standard InChI is InChI=1S/C14H23N3/c1-3-15-14-5-4-8-17(11-14)10-13-7-6-12(2)16-9-13/h6-7,9,14-15H,3-5,8,10-11H2,1-2H3. The van der Waals surface area contributed by atoms with Crippen LogP contribution in [0.2, 0.25) is 0 Å². The molecular formula is C14H23N3. The molecule has 2 rings (SSSR count). The van der Waals surface area contributed by atoms with E-state index in [0.29, 0.717) is 6.04 Å². The van der Waals surface area contributed by atoms with Crippen molar-refractivity contribution in [3.8, 4) is 0 Å². The summed E-state index contributed by atoms with van der Waals surface area (Å²) in [6.07, 6.45) is 4.62. The van der Waals surface area contributed by atoms with Gasteiger partial charge in [-0.15, -0.1) is 0 Å². The van der Waals surface area contributed by atoms with Crippen LogP contribution in [-0.4, -0.2) is 35.6 Å². The van der Waals surface area contributed by atoms with Gasteiger partial charge in [-0.25, -0.2) is 0 Å². The van der Waals surface area contributed by atoms with Gasteiger partial charge in [-0.05, 0) is 44.5 Å². The highest BCUT2D eigenvalue weighted by Gasteiger charge is 2.18. The van der Waals surface area contributed by atoms with Gasteiger partial charge in [0.15, 0.2) is 0 Å². The van der Waals surface area contributed by atoms with Crippen LogP contribution in [0.3, 0.4) is 0 Å². The largest absolute Gasteiger partial charge is 0.313 e. The summed E-state index contributed by atoms with van der Waals surface area (Å²) in [7, 11) is 0. The van der Waals surface area contributed by atoms with Crippen LogP contribution in [-0.2, 0) is 6.54 Å². The predicted octanol–water partition coefficient (Wildman–Crippen LogP) is 1.96. The van der Waals surface area contributed by atoms with Crippen molar-refractivity contribution in [2.45, 2.75) is 39.3 Å². The van der Waals surface area contributed by atoms with Crippen LogP contribution in [0.25, 0.3) is 0 Å². The van der Waals surface area contributed by atoms with Gasteiger partial charge in [0.1, 0.15) is 0 Å². The summed E-state index contributed by atoms with van der Waals surface area (Å²) in [6, 6.07) is 4.97. The number of hydrogen-bond donors (Lipinski definition) is 1. The Labute approximate surface area is 104 Å². The lowest BCUT2D eigenvalue weighted by Crippen LogP contribution is -2.45. The minimum Gasteiger partial charge on any atom is -0.313 e. The molecule has 1 aromatic heterocycles. The van der Waals surface area contributed by atoms with Crippen LogP contribution in [0.1, 0.15) is 31.0 Å². The zero-order valence-corrected chi connectivity index (χ0v) is 10.9. The van der Waals surface area contributed by atoms with Crippen molar-refractivity contribution in [3.05, 3.63) is 29.6 Å². The van der Waals surface area contributed by atoms with E-state index in [1.54, 1.807) is 0 Å². The summed E-state index contributed by atoms with van der Waals surface area (Å²) in [5.74, 6) is 0. The van der Waals surface area contributed by atoms with E-state index in [-0.39, 0.29) is 0 Å². The molecule has 1 unspecified atom stereocenters. The quantitative estimate of drug-likeness (QED) is 0.861. The lowest BCUT2D eigenvalue weighted by molar-refractivity contribution is 0.184. The van der Waals surface area contributed by atoms with Crippen LogP contribution < -0.4 is 5.32 Å². The van der Waals surface area contributed by atoms with Gasteiger partial charge in [0.05, 0.1) is 0 Å². The zero-order valence-electron chi connectivity index (χ0n) is 10.9. The van der Waals surface area contributed by atoms with Crippen molar-refractivity contribution < 1.29 is 0 Å². The Kier molecular flexibility index (Phi) is 4.51. The average molecular weight is 233 g/mol. The number of likely N-dealkylation sites (N-methyl/N-ethyl adjacent to an activating group) is 1. The topological polar surface area (TPSA) is 28.2 Å². The zero-order chi connectivity index (χ0) is 12.1. The van der Waals surface area contributed by atoms with Crippen LogP contribution >= 0.6 is 0 Å². The smallest absolute Gasteiger partial charge is 0.0372 e. The molecule has 0 bridgehead atoms. The summed E-state index contributed by atoms with van der Waals surface area (Å²) < 4.78 is 0. The molecule has 1 atom stereocenters. The third kappa shape index (κ3) is 3.79. The molecule has 3 nitrogen and oxygen atoms in total. The number of rotatable bonds is 4. The van der Waals surface area contributed by atoms with E-state index >= 15 is 0 Å². The molecular weight excluding hydrogens is 210 g/mol. The molecule has 0 amide bonds. The minimum atomic E-state index is 0.673. The van der Waals surface area contributed by atoms with Gasteiger partial charge in [0.25, 0.3) is 0 Å². The second kappa shape index (κ2) is 6.12. The lowest BCUT2D eigenvalue weighted by atomic mass is 10.1. The summed E-state index contributed by atoms with van der Waals surface area (Å²) in [4.78, 5) is 6.89. The fourth-order valence-corrected chi connectivity index (χ4v) is 2.50. The van der Waals surface area contributed by atoms with E-state index < -0.39 is 0 Å². The van der Waals surface area contributed by atoms with Crippen molar-refractivity contribution in [2.24, 2.45) is 0 Å². The molecule has 1 saturated heterocycles. The van der Waals surface area contributed by atoms with E-state index in [1.807, 2.05) is 13.1 Å². The Hall–Kier alpha value is -0.930. The second-order valence-electron chi connectivity index (χ2n) is 4.94. The molecule has 0 radical (unpaired) electrons. The molecule has 1 aromatic rings. The summed E-state index contributed by atoms with van der Waals surface area (Å²) in [5.41, 5.74) is 2.42. The van der Waals surface area contributed by atoms with E-state index in [0.717, 1.165) is 18.8 Å². The van der Waals surface area contributed by atoms with Gasteiger partial charge >= 0.3 is 0 Å². The highest BCUT2D eigenvalue weighted by Crippen LogP contribution is 2.13. The second-order valence-corrected chi connectivity index (χ2v) is 4.94. The SMILES string of the molecule is CCNC1CCCN(Cc2ccc(C)nc2)C1. The summed E-state index contributed by atoms with van der Waals surface area (Å²) in [6.45, 7) is 8.71. The Morgan fingerprint density at radius 3 is 3.06 bits per heavy atom. The monoisotopic (exact) mass is 233 g/mol. The maximum atomic E-state index is 4.36. The van der Waals surface area contributed by atoms with E-state index in [2.05, 4.69) is 34.3 Å². The first-order valence-electron chi connectivity index (χ1n) is 6.65. The van der Waals surface area contributed by atoms with Gasteiger partial charge in [0.2, 0.25) is 0 Å². The molecule has 17 heavy (non-hydrogen) atoms. The van der Waals surface area contributed by atoms with E-state index in [1.165, 1.54) is 31.5 Å². The van der Waals surface area contributed by atoms with Crippen molar-refractivity contribution >= 4 is 0 Å². The first-order chi connectivity index (χ1) is 8.28. The highest BCUT2D eigenvalue weighted by molar-refractivity contribution is 5.13. The van der Waals surface area contributed by atoms with Crippen molar-refractivity contribution in [1.82, 2.24) is 15.2 Å². The number of piperidine rings is 1. The fourth-order valence-electron chi connectivity index (χ4n) is 2.50. The summed E-state index contributed by atoms with van der Waals surface area (Å²) in [5, 5.41) is 3.55. The molecule has 1 aliphatic rings. The minimum absolute atomic E-state index is 0.673. The molecule has 1 N–H and O–H groups in total. The van der Waals surface area contributed by atoms with Crippen LogP contribution in [0, 0.1) is 6.92 Å². The first-order valence-corrected chi connectivity index (χ1v) is 6.65. The fraction of sp³-hybridized carbons (Fsp3) is 0.643. The molecule has 0 spiro atoms. The van der Waals surface area contributed by atoms with Gasteiger partial charge in [-0.1, -0.05) is 13.0 Å². The number of likely N-dealkylation sites (tertiary alicyclic amines) is 1. The van der Waals surface area contributed by atoms with Gasteiger partial charge in [-0.3, -0.25) is 9.88 Å². The third-order valence-electron chi connectivity index (χ3n) is 3.38. The van der Waals surface area contributed by atoms with Crippen molar-refractivity contribution in [3.63, 3.8) is 0 Å². The molecule has 3 heteroatoms. The van der Waals surface area contributed by atoms with Gasteiger partial charge in [0, 0.05) is 31.0 Å². The van der Waals surface area contributed by atoms with Crippen LogP contribution in [0.5, 0.6) is 0 Å². The first kappa shape index (κ1) is 12.5. The van der Waals surface area contributed by atoms with Crippen molar-refractivity contribution in [2.75, 3.05) is 19.6 Å². The number of aryl methyl sites for hydroxylation is 1. The Morgan fingerprint density at radius 1 is 1.47 bits per heavy atom. The third-order valence-corrected chi connectivity index (χ3v) is 3.38. The van der Waals surface area contributed by atoms with Gasteiger partial charge < -0.3 is 5.32 Å². The average Bonchev–Trinajstić information content (AvgIpc) is 2.33. The maximum Gasteiger partial charge on any atom is 0.0372 e. The Balaban J connectivity index is 1.87. The number of nitrogens with one attached hydrogen (secondary N) is 1. The number of nitrogens with zero attached hydrogens (tertiary/aromatic N) is 2. The summed E-state index contributed by atoms with van der Waals surface area (Å²) >= 11 is 0. The number of pyridine rings is 1. The van der Waals surface area contributed by atoms with Gasteiger partial charge in [-0.2, -0.15) is 0 Å². The predicted molar refractivity (Wildman–Crippen MR) is 70.9 cm³/mol. The lowest BCUT2D eigenvalue weighted by Gasteiger charge is -2.33. The normalized spacial score (nSPS) is 21.6. The molecule has 94 valence electrons. The van der Waals surface area contributed by atoms with Crippen LogP contribution in [0.15, 0.2) is 18.3 Å².